The lowest BCUT2D eigenvalue weighted by atomic mass is 10.1. The van der Waals surface area contributed by atoms with Gasteiger partial charge in [0.05, 0.1) is 19.3 Å². The van der Waals surface area contributed by atoms with Gasteiger partial charge in [-0.25, -0.2) is 4.98 Å². The summed E-state index contributed by atoms with van der Waals surface area (Å²) >= 11 is 0. The third-order valence-corrected chi connectivity index (χ3v) is 2.60. The molecule has 94 valence electrons. The van der Waals surface area contributed by atoms with Crippen LogP contribution in [0.3, 0.4) is 0 Å². The molecule has 1 aromatic carbocycles. The predicted octanol–water partition coefficient (Wildman–Crippen LogP) is 0.862. The number of hydrogen-bond donors (Lipinski definition) is 2. The maximum Gasteiger partial charge on any atom is 0.256 e. The number of aromatic amines is 1. The van der Waals surface area contributed by atoms with Crippen LogP contribution in [0.5, 0.6) is 5.75 Å². The van der Waals surface area contributed by atoms with E-state index in [2.05, 4.69) is 9.97 Å². The zero-order valence-corrected chi connectivity index (χ0v) is 10.0. The van der Waals surface area contributed by atoms with Gasteiger partial charge in [-0.15, -0.1) is 0 Å². The number of aromatic nitrogens is 2. The molecule has 0 saturated carbocycles. The second kappa shape index (κ2) is 5.46. The summed E-state index contributed by atoms with van der Waals surface area (Å²) in [7, 11) is 1.61. The molecular formula is C13H14N2O3. The molecule has 5 heteroatoms. The molecule has 0 atom stereocenters. The Morgan fingerprint density at radius 3 is 2.94 bits per heavy atom. The van der Waals surface area contributed by atoms with Crippen LogP contribution in [0.2, 0.25) is 0 Å². The van der Waals surface area contributed by atoms with Crippen LogP contribution in [0.25, 0.3) is 0 Å². The van der Waals surface area contributed by atoms with Gasteiger partial charge in [0.1, 0.15) is 11.6 Å². The molecule has 2 rings (SSSR count). The Hall–Kier alpha value is -2.14. The minimum atomic E-state index is -0.304. The standard InChI is InChI=1S/C13H14N2O3/c1-18-11-4-2-3-9(5-11)6-12-14-7-10(8-16)13(17)15-12/h2-5,7,16H,6,8H2,1H3,(H,14,15,17). The summed E-state index contributed by atoms with van der Waals surface area (Å²) in [5, 5.41) is 8.89. The van der Waals surface area contributed by atoms with E-state index in [4.69, 9.17) is 9.84 Å². The molecule has 18 heavy (non-hydrogen) atoms. The Kier molecular flexibility index (Phi) is 3.74. The van der Waals surface area contributed by atoms with Gasteiger partial charge in [-0.05, 0) is 17.7 Å². The van der Waals surface area contributed by atoms with Gasteiger partial charge in [0, 0.05) is 12.6 Å². The lowest BCUT2D eigenvalue weighted by Crippen LogP contribution is -2.16. The second-order valence-electron chi connectivity index (χ2n) is 3.87. The number of benzene rings is 1. The smallest absolute Gasteiger partial charge is 0.256 e. The fourth-order valence-electron chi connectivity index (χ4n) is 1.64. The van der Waals surface area contributed by atoms with E-state index in [0.717, 1.165) is 11.3 Å². The molecule has 0 saturated heterocycles. The molecule has 1 heterocycles. The Bertz CT molecular complexity index is 593. The first-order valence-electron chi connectivity index (χ1n) is 5.54. The number of nitrogens with zero attached hydrogens (tertiary/aromatic N) is 1. The lowest BCUT2D eigenvalue weighted by Gasteiger charge is -2.04. The highest BCUT2D eigenvalue weighted by molar-refractivity contribution is 5.30. The fourth-order valence-corrected chi connectivity index (χ4v) is 1.64. The number of nitrogens with one attached hydrogen (secondary N) is 1. The van der Waals surface area contributed by atoms with E-state index in [1.165, 1.54) is 6.20 Å². The van der Waals surface area contributed by atoms with Crippen molar-refractivity contribution < 1.29 is 9.84 Å². The molecule has 0 spiro atoms. The van der Waals surface area contributed by atoms with Gasteiger partial charge >= 0.3 is 0 Å². The van der Waals surface area contributed by atoms with Crippen LogP contribution in [0.15, 0.2) is 35.3 Å². The van der Waals surface area contributed by atoms with E-state index in [1.807, 2.05) is 24.3 Å². The van der Waals surface area contributed by atoms with Crippen molar-refractivity contribution >= 4 is 0 Å². The highest BCUT2D eigenvalue weighted by Gasteiger charge is 2.03. The van der Waals surface area contributed by atoms with Crippen molar-refractivity contribution in [1.29, 1.82) is 0 Å². The van der Waals surface area contributed by atoms with Gasteiger partial charge < -0.3 is 14.8 Å². The van der Waals surface area contributed by atoms with E-state index < -0.39 is 0 Å². The van der Waals surface area contributed by atoms with Gasteiger partial charge in [-0.3, -0.25) is 4.79 Å². The number of ether oxygens (including phenoxy) is 1. The molecule has 0 amide bonds. The quantitative estimate of drug-likeness (QED) is 0.839. The predicted molar refractivity (Wildman–Crippen MR) is 66.6 cm³/mol. The Labute approximate surface area is 104 Å². The van der Waals surface area contributed by atoms with Crippen molar-refractivity contribution in [1.82, 2.24) is 9.97 Å². The van der Waals surface area contributed by atoms with Gasteiger partial charge in [0.25, 0.3) is 5.56 Å². The molecular weight excluding hydrogens is 232 g/mol. The molecule has 0 aliphatic rings. The molecule has 0 aliphatic carbocycles. The topological polar surface area (TPSA) is 75.2 Å². The minimum Gasteiger partial charge on any atom is -0.497 e. The molecule has 2 aromatic rings. The van der Waals surface area contributed by atoms with Crippen LogP contribution in [-0.4, -0.2) is 22.2 Å². The summed E-state index contributed by atoms with van der Waals surface area (Å²) in [5.41, 5.74) is 0.962. The SMILES string of the molecule is COc1cccc(Cc2ncc(CO)c(=O)[nH]2)c1. The van der Waals surface area contributed by atoms with Crippen molar-refractivity contribution in [3.63, 3.8) is 0 Å². The first-order chi connectivity index (χ1) is 8.72. The highest BCUT2D eigenvalue weighted by atomic mass is 16.5. The van der Waals surface area contributed by atoms with Gasteiger partial charge in [0.2, 0.25) is 0 Å². The zero-order valence-electron chi connectivity index (χ0n) is 10.0. The van der Waals surface area contributed by atoms with E-state index in [-0.39, 0.29) is 17.7 Å². The monoisotopic (exact) mass is 246 g/mol. The highest BCUT2D eigenvalue weighted by Crippen LogP contribution is 2.14. The van der Waals surface area contributed by atoms with Crippen LogP contribution in [0.4, 0.5) is 0 Å². The average molecular weight is 246 g/mol. The minimum absolute atomic E-state index is 0.268. The molecule has 0 unspecified atom stereocenters. The van der Waals surface area contributed by atoms with Crippen LogP contribution in [-0.2, 0) is 13.0 Å². The average Bonchev–Trinajstić information content (AvgIpc) is 2.39. The molecule has 2 N–H and O–H groups in total. The molecule has 0 bridgehead atoms. The normalized spacial score (nSPS) is 10.3. The zero-order chi connectivity index (χ0) is 13.0. The maximum atomic E-state index is 11.5. The van der Waals surface area contributed by atoms with Crippen molar-refractivity contribution in [2.24, 2.45) is 0 Å². The summed E-state index contributed by atoms with van der Waals surface area (Å²) in [6.07, 6.45) is 1.91. The van der Waals surface area contributed by atoms with Crippen LogP contribution in [0.1, 0.15) is 17.0 Å². The van der Waals surface area contributed by atoms with Crippen molar-refractivity contribution in [3.8, 4) is 5.75 Å². The molecule has 0 aliphatic heterocycles. The first-order valence-corrected chi connectivity index (χ1v) is 5.54. The number of aliphatic hydroxyl groups is 1. The van der Waals surface area contributed by atoms with Crippen LogP contribution >= 0.6 is 0 Å². The first kappa shape index (κ1) is 12.3. The van der Waals surface area contributed by atoms with Crippen molar-refractivity contribution in [2.45, 2.75) is 13.0 Å². The number of hydrogen-bond acceptors (Lipinski definition) is 4. The second-order valence-corrected chi connectivity index (χ2v) is 3.87. The van der Waals surface area contributed by atoms with E-state index in [1.54, 1.807) is 7.11 Å². The fraction of sp³-hybridized carbons (Fsp3) is 0.231. The number of rotatable bonds is 4. The largest absolute Gasteiger partial charge is 0.497 e. The van der Waals surface area contributed by atoms with E-state index >= 15 is 0 Å². The van der Waals surface area contributed by atoms with Crippen LogP contribution < -0.4 is 10.3 Å². The Morgan fingerprint density at radius 2 is 2.28 bits per heavy atom. The van der Waals surface area contributed by atoms with Gasteiger partial charge in [-0.1, -0.05) is 12.1 Å². The van der Waals surface area contributed by atoms with E-state index in [9.17, 15) is 4.79 Å². The van der Waals surface area contributed by atoms with E-state index in [0.29, 0.717) is 12.2 Å². The summed E-state index contributed by atoms with van der Waals surface area (Å²) in [5.74, 6) is 1.33. The lowest BCUT2D eigenvalue weighted by molar-refractivity contribution is 0.279. The Balaban J connectivity index is 2.23. The number of aliphatic hydroxyl groups excluding tert-OH is 1. The molecule has 0 radical (unpaired) electrons. The Morgan fingerprint density at radius 1 is 1.44 bits per heavy atom. The summed E-state index contributed by atoms with van der Waals surface area (Å²) in [6, 6.07) is 7.56. The van der Waals surface area contributed by atoms with Crippen molar-refractivity contribution in [2.75, 3.05) is 7.11 Å². The summed E-state index contributed by atoms with van der Waals surface area (Å²) < 4.78 is 5.13. The molecule has 1 aromatic heterocycles. The number of methoxy groups -OCH3 is 1. The van der Waals surface area contributed by atoms with Crippen LogP contribution in [0, 0.1) is 0 Å². The third kappa shape index (κ3) is 2.75. The summed E-state index contributed by atoms with van der Waals surface area (Å²) in [6.45, 7) is -0.304. The third-order valence-electron chi connectivity index (χ3n) is 2.60. The number of H-pyrrole nitrogens is 1. The van der Waals surface area contributed by atoms with Gasteiger partial charge in [0.15, 0.2) is 0 Å². The van der Waals surface area contributed by atoms with Gasteiger partial charge in [-0.2, -0.15) is 0 Å². The van der Waals surface area contributed by atoms with Crippen molar-refractivity contribution in [3.05, 3.63) is 57.8 Å². The summed E-state index contributed by atoms with van der Waals surface area (Å²) in [4.78, 5) is 18.3. The molecule has 5 nitrogen and oxygen atoms in total. The maximum absolute atomic E-state index is 11.5. The molecule has 0 fully saturated rings.